The molecule has 1 aromatic heterocycles. The van der Waals surface area contributed by atoms with E-state index in [1.807, 2.05) is 0 Å². The zero-order chi connectivity index (χ0) is 14.0. The molecule has 8 heteroatoms. The minimum atomic E-state index is -0.682. The molecule has 0 amide bonds. The monoisotopic (exact) mass is 346 g/mol. The van der Waals surface area contributed by atoms with E-state index in [4.69, 9.17) is 16.3 Å². The van der Waals surface area contributed by atoms with Crippen LogP contribution in [0.2, 0.25) is 5.02 Å². The minimum absolute atomic E-state index is 0.0642. The molecule has 19 heavy (non-hydrogen) atoms. The molecule has 1 heterocycles. The van der Waals surface area contributed by atoms with Crippen LogP contribution in [0.5, 0.6) is 11.6 Å². The van der Waals surface area contributed by atoms with E-state index in [1.165, 1.54) is 24.4 Å². The van der Waals surface area contributed by atoms with Crippen molar-refractivity contribution in [1.29, 1.82) is 0 Å². The summed E-state index contributed by atoms with van der Waals surface area (Å²) in [5.74, 6) is -0.839. The third kappa shape index (κ3) is 3.18. The van der Waals surface area contributed by atoms with Gasteiger partial charge in [0.25, 0.3) is 5.88 Å². The lowest BCUT2D eigenvalue weighted by Crippen LogP contribution is -1.96. The van der Waals surface area contributed by atoms with Gasteiger partial charge in [0.2, 0.25) is 0 Å². The van der Waals surface area contributed by atoms with Crippen molar-refractivity contribution in [1.82, 2.24) is 4.98 Å². The number of aromatic nitrogens is 1. The summed E-state index contributed by atoms with van der Waals surface area (Å²) in [6.45, 7) is 0. The van der Waals surface area contributed by atoms with Crippen LogP contribution in [0.3, 0.4) is 0 Å². The average Bonchev–Trinajstić information content (AvgIpc) is 2.36. The molecule has 0 bridgehead atoms. The fourth-order valence-electron chi connectivity index (χ4n) is 1.28. The first-order valence-corrected chi connectivity index (χ1v) is 6.07. The molecule has 0 aliphatic heterocycles. The Morgan fingerprint density at radius 2 is 2.16 bits per heavy atom. The van der Waals surface area contributed by atoms with Gasteiger partial charge < -0.3 is 4.74 Å². The quantitative estimate of drug-likeness (QED) is 0.612. The van der Waals surface area contributed by atoms with Crippen LogP contribution in [0.15, 0.2) is 34.9 Å². The smallest absolute Gasteiger partial charge is 0.332 e. The molecule has 1 aromatic carbocycles. The van der Waals surface area contributed by atoms with Crippen molar-refractivity contribution in [3.8, 4) is 11.6 Å². The predicted molar refractivity (Wildman–Crippen MR) is 70.1 cm³/mol. The summed E-state index contributed by atoms with van der Waals surface area (Å²) >= 11 is 8.60. The maximum atomic E-state index is 13.2. The normalized spacial score (nSPS) is 10.3. The highest BCUT2D eigenvalue weighted by atomic mass is 79.9. The van der Waals surface area contributed by atoms with Crippen molar-refractivity contribution in [3.05, 3.63) is 55.9 Å². The van der Waals surface area contributed by atoms with Crippen molar-refractivity contribution in [2.24, 2.45) is 0 Å². The summed E-state index contributed by atoms with van der Waals surface area (Å²) in [5.41, 5.74) is -0.329. The van der Waals surface area contributed by atoms with Crippen molar-refractivity contribution in [2.45, 2.75) is 0 Å². The zero-order valence-corrected chi connectivity index (χ0v) is 11.5. The fraction of sp³-hybridized carbons (Fsp3) is 0. The molecule has 2 aromatic rings. The molecule has 2 rings (SSSR count). The van der Waals surface area contributed by atoms with Crippen LogP contribution in [0.25, 0.3) is 0 Å². The molecule has 0 aliphatic carbocycles. The first-order chi connectivity index (χ1) is 8.97. The molecule has 0 aliphatic rings. The fourth-order valence-corrected chi connectivity index (χ4v) is 1.71. The molecule has 5 nitrogen and oxygen atoms in total. The van der Waals surface area contributed by atoms with Crippen LogP contribution in [0.4, 0.5) is 10.1 Å². The van der Waals surface area contributed by atoms with Crippen LogP contribution < -0.4 is 4.74 Å². The van der Waals surface area contributed by atoms with E-state index in [1.54, 1.807) is 0 Å². The third-order valence-electron chi connectivity index (χ3n) is 2.10. The Hall–Kier alpha value is -1.73. The van der Waals surface area contributed by atoms with E-state index in [9.17, 15) is 14.5 Å². The van der Waals surface area contributed by atoms with Gasteiger partial charge in [-0.3, -0.25) is 10.1 Å². The topological polar surface area (TPSA) is 65.3 Å². The number of ether oxygens (including phenoxy) is 1. The second-order valence-electron chi connectivity index (χ2n) is 3.41. The molecule has 98 valence electrons. The lowest BCUT2D eigenvalue weighted by atomic mass is 10.3. The Morgan fingerprint density at radius 1 is 1.42 bits per heavy atom. The summed E-state index contributed by atoms with van der Waals surface area (Å²) in [7, 11) is 0. The number of hydrogen-bond donors (Lipinski definition) is 0. The van der Waals surface area contributed by atoms with E-state index in [0.717, 1.165) is 6.07 Å². The van der Waals surface area contributed by atoms with Gasteiger partial charge >= 0.3 is 5.69 Å². The molecule has 0 spiro atoms. The Morgan fingerprint density at radius 3 is 2.79 bits per heavy atom. The van der Waals surface area contributed by atoms with Gasteiger partial charge in [0.1, 0.15) is 11.6 Å². The molecule has 0 radical (unpaired) electrons. The highest BCUT2D eigenvalue weighted by Gasteiger charge is 2.18. The van der Waals surface area contributed by atoms with Crippen LogP contribution >= 0.6 is 27.5 Å². The SMILES string of the molecule is O=[N+]([O-])c1cc(Br)cnc1Oc1ccc(Cl)c(F)c1. The number of benzene rings is 1. The average molecular weight is 348 g/mol. The van der Waals surface area contributed by atoms with E-state index in [2.05, 4.69) is 20.9 Å². The minimum Gasteiger partial charge on any atom is -0.434 e. The molecule has 0 saturated carbocycles. The molecular weight excluding hydrogens is 342 g/mol. The van der Waals surface area contributed by atoms with Crippen LogP contribution in [-0.4, -0.2) is 9.91 Å². The molecule has 0 atom stereocenters. The van der Waals surface area contributed by atoms with Crippen LogP contribution in [-0.2, 0) is 0 Å². The van der Waals surface area contributed by atoms with Crippen LogP contribution in [0, 0.1) is 15.9 Å². The highest BCUT2D eigenvalue weighted by Crippen LogP contribution is 2.32. The van der Waals surface area contributed by atoms with E-state index in [0.29, 0.717) is 4.47 Å². The zero-order valence-electron chi connectivity index (χ0n) is 9.14. The molecule has 0 saturated heterocycles. The maximum Gasteiger partial charge on any atom is 0.332 e. The Bertz CT molecular complexity index is 654. The number of hydrogen-bond acceptors (Lipinski definition) is 4. The van der Waals surface area contributed by atoms with Crippen molar-refractivity contribution in [2.75, 3.05) is 0 Å². The number of halogens is 3. The van der Waals surface area contributed by atoms with Gasteiger partial charge in [-0.1, -0.05) is 11.6 Å². The molecular formula is C11H5BrClFN2O3. The van der Waals surface area contributed by atoms with Crippen molar-refractivity contribution in [3.63, 3.8) is 0 Å². The lowest BCUT2D eigenvalue weighted by molar-refractivity contribution is -0.386. The van der Waals surface area contributed by atoms with Crippen molar-refractivity contribution >= 4 is 33.2 Å². The Labute approximate surface area is 120 Å². The van der Waals surface area contributed by atoms with Gasteiger partial charge in [-0.15, -0.1) is 0 Å². The van der Waals surface area contributed by atoms with E-state index >= 15 is 0 Å². The second kappa shape index (κ2) is 5.50. The van der Waals surface area contributed by atoms with E-state index in [-0.39, 0.29) is 22.3 Å². The molecule has 0 fully saturated rings. The summed E-state index contributed by atoms with van der Waals surface area (Å²) in [4.78, 5) is 14.0. The molecule has 0 unspecified atom stereocenters. The standard InChI is InChI=1S/C11H5BrClFN2O3/c12-6-3-10(16(17)18)11(15-5-6)19-7-1-2-8(13)9(14)4-7/h1-5H. The largest absolute Gasteiger partial charge is 0.434 e. The van der Waals surface area contributed by atoms with Gasteiger partial charge in [-0.05, 0) is 28.1 Å². The lowest BCUT2D eigenvalue weighted by Gasteiger charge is -2.05. The van der Waals surface area contributed by atoms with Gasteiger partial charge in [-0.25, -0.2) is 9.37 Å². The van der Waals surface area contributed by atoms with Gasteiger partial charge in [-0.2, -0.15) is 0 Å². The summed E-state index contributed by atoms with van der Waals surface area (Å²) < 4.78 is 18.9. The number of rotatable bonds is 3. The number of pyridine rings is 1. The third-order valence-corrected chi connectivity index (χ3v) is 2.84. The Balaban J connectivity index is 2.37. The van der Waals surface area contributed by atoms with Crippen molar-refractivity contribution < 1.29 is 14.1 Å². The van der Waals surface area contributed by atoms with Crippen LogP contribution in [0.1, 0.15) is 0 Å². The number of nitro groups is 1. The van der Waals surface area contributed by atoms with Gasteiger partial charge in [0.15, 0.2) is 0 Å². The van der Waals surface area contributed by atoms with Gasteiger partial charge in [0, 0.05) is 22.8 Å². The number of nitrogens with zero attached hydrogens (tertiary/aromatic N) is 2. The van der Waals surface area contributed by atoms with E-state index < -0.39 is 10.7 Å². The summed E-state index contributed by atoms with van der Waals surface area (Å²) in [6.07, 6.45) is 1.34. The highest BCUT2D eigenvalue weighted by molar-refractivity contribution is 9.10. The van der Waals surface area contributed by atoms with Gasteiger partial charge in [0.05, 0.1) is 9.95 Å². The second-order valence-corrected chi connectivity index (χ2v) is 4.74. The summed E-state index contributed by atoms with van der Waals surface area (Å²) in [6, 6.07) is 4.94. The Kier molecular flexibility index (Phi) is 3.96. The first kappa shape index (κ1) is 13.7. The first-order valence-electron chi connectivity index (χ1n) is 4.90. The molecule has 0 N–H and O–H groups in total. The maximum absolute atomic E-state index is 13.2. The summed E-state index contributed by atoms with van der Waals surface area (Å²) in [5, 5.41) is 10.8. The predicted octanol–water partition coefficient (Wildman–Crippen LogP) is 4.34.